The second-order valence-corrected chi connectivity index (χ2v) is 11.4. The Morgan fingerprint density at radius 2 is 1.59 bits per heavy atom. The van der Waals surface area contributed by atoms with Gasteiger partial charge in [-0.1, -0.05) is 42.5 Å². The van der Waals surface area contributed by atoms with E-state index in [0.29, 0.717) is 24.1 Å². The molecule has 234 valence electrons. The van der Waals surface area contributed by atoms with Gasteiger partial charge in [0.25, 0.3) is 0 Å². The average Bonchev–Trinajstić information content (AvgIpc) is 3.79. The van der Waals surface area contributed by atoms with Crippen molar-refractivity contribution in [2.75, 3.05) is 13.1 Å². The summed E-state index contributed by atoms with van der Waals surface area (Å²) in [6.45, 7) is 1.63. The van der Waals surface area contributed by atoms with Crippen LogP contribution in [0.5, 0.6) is 5.75 Å². The van der Waals surface area contributed by atoms with Crippen molar-refractivity contribution in [1.29, 1.82) is 0 Å². The lowest BCUT2D eigenvalue weighted by atomic mass is 9.90. The second-order valence-electron chi connectivity index (χ2n) is 11.4. The van der Waals surface area contributed by atoms with Crippen LogP contribution in [0.3, 0.4) is 0 Å². The number of likely N-dealkylation sites (tertiary alicyclic amines) is 1. The molecular weight excluding hydrogens is 588 g/mol. The molecule has 1 heterocycles. The van der Waals surface area contributed by atoms with Crippen molar-refractivity contribution in [3.63, 3.8) is 0 Å². The van der Waals surface area contributed by atoms with Gasteiger partial charge in [-0.3, -0.25) is 14.5 Å². The number of alkyl halides is 6. The van der Waals surface area contributed by atoms with Crippen molar-refractivity contribution in [2.45, 2.75) is 57.1 Å². The van der Waals surface area contributed by atoms with Gasteiger partial charge in [-0.05, 0) is 78.6 Å². The Kier molecular flexibility index (Phi) is 9.06. The predicted octanol–water partition coefficient (Wildman–Crippen LogP) is 7.95. The van der Waals surface area contributed by atoms with Gasteiger partial charge in [0, 0.05) is 19.1 Å². The maximum atomic E-state index is 13.6. The zero-order valence-electron chi connectivity index (χ0n) is 23.8. The molecule has 44 heavy (non-hydrogen) atoms. The third kappa shape index (κ3) is 7.61. The number of carbonyl (C=O) groups excluding carboxylic acids is 2. The maximum absolute atomic E-state index is 13.6. The number of halogens is 6. The fourth-order valence-corrected chi connectivity index (χ4v) is 5.56. The van der Waals surface area contributed by atoms with Crippen molar-refractivity contribution < 1.29 is 45.4 Å². The summed E-state index contributed by atoms with van der Waals surface area (Å²) in [6.07, 6.45) is -7.51. The molecule has 11 heteroatoms. The molecule has 0 bridgehead atoms. The molecule has 2 aliphatic rings. The summed E-state index contributed by atoms with van der Waals surface area (Å²) in [5, 5.41) is 0. The molecule has 1 aliphatic carbocycles. The monoisotopic (exact) mass is 619 g/mol. The summed E-state index contributed by atoms with van der Waals surface area (Å²) in [7, 11) is 0. The van der Waals surface area contributed by atoms with Crippen LogP contribution in [0, 0.1) is 11.8 Å². The minimum Gasteiger partial charge on any atom is -0.461 e. The summed E-state index contributed by atoms with van der Waals surface area (Å²) in [4.78, 5) is 27.0. The van der Waals surface area contributed by atoms with Crippen LogP contribution in [-0.4, -0.2) is 29.9 Å². The number of hydrogen-bond donors (Lipinski definition) is 0. The first-order chi connectivity index (χ1) is 20.8. The molecular formula is C33H31F6NO4. The van der Waals surface area contributed by atoms with Gasteiger partial charge in [0.1, 0.15) is 12.4 Å². The summed E-state index contributed by atoms with van der Waals surface area (Å²) >= 11 is 0. The van der Waals surface area contributed by atoms with Crippen LogP contribution in [0.1, 0.15) is 66.0 Å². The smallest absolute Gasteiger partial charge is 0.416 e. The highest BCUT2D eigenvalue weighted by Gasteiger charge is 2.42. The topological polar surface area (TPSA) is 55.8 Å². The number of hydrogen-bond acceptors (Lipinski definition) is 5. The Morgan fingerprint density at radius 1 is 0.886 bits per heavy atom. The van der Waals surface area contributed by atoms with Gasteiger partial charge in [-0.25, -0.2) is 0 Å². The lowest BCUT2D eigenvalue weighted by Gasteiger charge is -2.42. The molecule has 5 nitrogen and oxygen atoms in total. The Labute approximate surface area is 250 Å². The molecule has 1 saturated carbocycles. The van der Waals surface area contributed by atoms with Crippen LogP contribution in [0.4, 0.5) is 26.3 Å². The maximum Gasteiger partial charge on any atom is 0.416 e. The van der Waals surface area contributed by atoms with Crippen molar-refractivity contribution >= 4 is 11.9 Å². The first kappa shape index (κ1) is 31.6. The molecule has 0 aromatic heterocycles. The molecule has 2 fully saturated rings. The fourth-order valence-electron chi connectivity index (χ4n) is 5.56. The van der Waals surface area contributed by atoms with Gasteiger partial charge >= 0.3 is 24.3 Å². The Bertz CT molecular complexity index is 1480. The Balaban J connectivity index is 1.19. The standard InChI is InChI=1S/C33H31F6NO4/c1-20(27-15-25(32(34,35)36)12-13-29(27)33(37,38)39)40-17-24(18-40)31(42)44-26-9-5-8-23(14-26)28(22-10-11-22)16-30(41)43-19-21-6-3-2-4-7-21/h2-9,12-15,20,22,24,28H,10-11,16-19H2,1H3/t20?,28-/m0/s1. The summed E-state index contributed by atoms with van der Waals surface area (Å²) in [5.41, 5.74) is -1.09. The largest absolute Gasteiger partial charge is 0.461 e. The van der Waals surface area contributed by atoms with Gasteiger partial charge in [0.05, 0.1) is 23.5 Å². The van der Waals surface area contributed by atoms with E-state index in [1.54, 1.807) is 18.2 Å². The fraction of sp³-hybridized carbons (Fsp3) is 0.394. The van der Waals surface area contributed by atoms with Crippen molar-refractivity contribution in [1.82, 2.24) is 4.90 Å². The van der Waals surface area contributed by atoms with Gasteiger partial charge in [0.2, 0.25) is 0 Å². The third-order valence-electron chi connectivity index (χ3n) is 8.25. The normalized spacial score (nSPS) is 17.4. The average molecular weight is 620 g/mol. The minimum absolute atomic E-state index is 0.0329. The van der Waals surface area contributed by atoms with Crippen molar-refractivity contribution in [2.24, 2.45) is 11.8 Å². The predicted molar refractivity (Wildman–Crippen MR) is 148 cm³/mol. The highest BCUT2D eigenvalue weighted by Crippen LogP contribution is 2.45. The van der Waals surface area contributed by atoms with E-state index in [9.17, 15) is 35.9 Å². The number of carbonyl (C=O) groups is 2. The molecule has 0 amide bonds. The van der Waals surface area contributed by atoms with E-state index >= 15 is 0 Å². The van der Waals surface area contributed by atoms with Crippen molar-refractivity contribution in [3.05, 3.63) is 101 Å². The van der Waals surface area contributed by atoms with Crippen LogP contribution in [-0.2, 0) is 33.3 Å². The van der Waals surface area contributed by atoms with Crippen LogP contribution in [0.25, 0.3) is 0 Å². The zero-order valence-corrected chi connectivity index (χ0v) is 23.8. The summed E-state index contributed by atoms with van der Waals surface area (Å²) in [6, 6.07) is 16.6. The van der Waals surface area contributed by atoms with Gasteiger partial charge in [0.15, 0.2) is 0 Å². The Morgan fingerprint density at radius 3 is 2.23 bits per heavy atom. The van der Waals surface area contributed by atoms with E-state index < -0.39 is 47.0 Å². The molecule has 5 rings (SSSR count). The molecule has 3 aromatic carbocycles. The molecule has 3 aromatic rings. The quantitative estimate of drug-likeness (QED) is 0.131. The number of rotatable bonds is 10. The molecule has 0 N–H and O–H groups in total. The molecule has 0 spiro atoms. The van der Waals surface area contributed by atoms with Gasteiger partial charge < -0.3 is 9.47 Å². The minimum atomic E-state index is -4.83. The van der Waals surface area contributed by atoms with Crippen LogP contribution >= 0.6 is 0 Å². The summed E-state index contributed by atoms with van der Waals surface area (Å²) < 4.78 is 91.5. The van der Waals surface area contributed by atoms with E-state index in [-0.39, 0.29) is 43.8 Å². The lowest BCUT2D eigenvalue weighted by molar-refractivity contribution is -0.147. The summed E-state index contributed by atoms with van der Waals surface area (Å²) in [5.74, 6) is -1.09. The molecule has 2 atom stereocenters. The van der Waals surface area contributed by atoms with Crippen LogP contribution in [0.2, 0.25) is 0 Å². The van der Waals surface area contributed by atoms with E-state index in [4.69, 9.17) is 9.47 Å². The highest BCUT2D eigenvalue weighted by molar-refractivity contribution is 5.77. The van der Waals surface area contributed by atoms with Crippen molar-refractivity contribution in [3.8, 4) is 5.75 Å². The van der Waals surface area contributed by atoms with E-state index in [2.05, 4.69) is 0 Å². The number of esters is 2. The number of benzene rings is 3. The van der Waals surface area contributed by atoms with Crippen LogP contribution in [0.15, 0.2) is 72.8 Å². The molecule has 1 aliphatic heterocycles. The molecule has 0 radical (unpaired) electrons. The van der Waals surface area contributed by atoms with Gasteiger partial charge in [-0.15, -0.1) is 0 Å². The Hall–Kier alpha value is -3.86. The van der Waals surface area contributed by atoms with Crippen LogP contribution < -0.4 is 4.74 Å². The third-order valence-corrected chi connectivity index (χ3v) is 8.25. The highest BCUT2D eigenvalue weighted by atomic mass is 19.4. The van der Waals surface area contributed by atoms with E-state index in [1.165, 1.54) is 11.8 Å². The first-order valence-corrected chi connectivity index (χ1v) is 14.3. The van der Waals surface area contributed by atoms with E-state index in [1.807, 2.05) is 36.4 Å². The van der Waals surface area contributed by atoms with E-state index in [0.717, 1.165) is 24.0 Å². The zero-order chi connectivity index (χ0) is 31.6. The number of nitrogens with zero attached hydrogens (tertiary/aromatic N) is 1. The molecule has 1 saturated heterocycles. The lowest BCUT2D eigenvalue weighted by Crippen LogP contribution is -2.52. The second kappa shape index (κ2) is 12.6. The first-order valence-electron chi connectivity index (χ1n) is 14.3. The van der Waals surface area contributed by atoms with Gasteiger partial charge in [-0.2, -0.15) is 26.3 Å². The molecule has 1 unspecified atom stereocenters. The SMILES string of the molecule is CC(c1cc(C(F)(F)F)ccc1C(F)(F)F)N1CC(C(=O)Oc2cccc([C@@H](CC(=O)OCc3ccccc3)C3CC3)c2)C1. The number of ether oxygens (including phenoxy) is 2.